The minimum absolute atomic E-state index is 0.0732. The van der Waals surface area contributed by atoms with Crippen molar-refractivity contribution in [1.29, 1.82) is 0 Å². The van der Waals surface area contributed by atoms with Gasteiger partial charge in [0.15, 0.2) is 0 Å². The van der Waals surface area contributed by atoms with Crippen LogP contribution in [-0.4, -0.2) is 19.8 Å². The highest BCUT2D eigenvalue weighted by atomic mass is 16.5. The first-order valence-corrected chi connectivity index (χ1v) is 7.06. The Morgan fingerprint density at radius 2 is 1.74 bits per heavy atom. The maximum atomic E-state index is 6.49. The second-order valence-corrected chi connectivity index (χ2v) is 5.70. The number of benzene rings is 1. The zero-order valence-electron chi connectivity index (χ0n) is 12.2. The molecule has 0 aliphatic heterocycles. The van der Waals surface area contributed by atoms with E-state index in [0.717, 1.165) is 30.1 Å². The second-order valence-electron chi connectivity index (χ2n) is 5.70. The third-order valence-corrected chi connectivity index (χ3v) is 4.57. The first-order valence-electron chi connectivity index (χ1n) is 7.06. The maximum Gasteiger partial charge on any atom is 0.118 e. The summed E-state index contributed by atoms with van der Waals surface area (Å²) in [6.07, 6.45) is 4.46. The van der Waals surface area contributed by atoms with Gasteiger partial charge in [0.1, 0.15) is 5.75 Å². The van der Waals surface area contributed by atoms with Crippen LogP contribution >= 0.6 is 0 Å². The molecule has 0 radical (unpaired) electrons. The molecule has 2 rings (SSSR count). The summed E-state index contributed by atoms with van der Waals surface area (Å²) in [5, 5.41) is 0. The van der Waals surface area contributed by atoms with Crippen molar-refractivity contribution >= 4 is 0 Å². The van der Waals surface area contributed by atoms with Gasteiger partial charge in [0.2, 0.25) is 0 Å². The van der Waals surface area contributed by atoms with Crippen molar-refractivity contribution in [3.8, 4) is 5.75 Å². The Balaban J connectivity index is 2.17. The van der Waals surface area contributed by atoms with Crippen molar-refractivity contribution in [3.05, 3.63) is 29.8 Å². The van der Waals surface area contributed by atoms with Crippen molar-refractivity contribution in [2.24, 2.45) is 11.7 Å². The van der Waals surface area contributed by atoms with Gasteiger partial charge in [0, 0.05) is 7.11 Å². The van der Waals surface area contributed by atoms with E-state index in [1.165, 1.54) is 12.8 Å². The van der Waals surface area contributed by atoms with E-state index in [9.17, 15) is 0 Å². The molecule has 0 heterocycles. The van der Waals surface area contributed by atoms with E-state index >= 15 is 0 Å². The van der Waals surface area contributed by atoms with Crippen molar-refractivity contribution in [3.63, 3.8) is 0 Å². The molecule has 0 amide bonds. The first-order chi connectivity index (χ1) is 9.11. The van der Waals surface area contributed by atoms with Crippen LogP contribution < -0.4 is 10.5 Å². The van der Waals surface area contributed by atoms with Gasteiger partial charge in [0.05, 0.1) is 18.8 Å². The Bertz CT molecular complexity index is 394. The van der Waals surface area contributed by atoms with Crippen LogP contribution in [0.25, 0.3) is 0 Å². The summed E-state index contributed by atoms with van der Waals surface area (Å²) in [6, 6.07) is 7.94. The smallest absolute Gasteiger partial charge is 0.118 e. The van der Waals surface area contributed by atoms with Crippen LogP contribution in [-0.2, 0) is 4.74 Å². The molecule has 0 aromatic heterocycles. The average molecular weight is 263 g/mol. The molecule has 3 heteroatoms. The van der Waals surface area contributed by atoms with E-state index in [2.05, 4.69) is 6.92 Å². The van der Waals surface area contributed by atoms with Crippen LogP contribution in [0, 0.1) is 5.92 Å². The van der Waals surface area contributed by atoms with Gasteiger partial charge in [-0.05, 0) is 49.3 Å². The third kappa shape index (κ3) is 2.93. The third-order valence-electron chi connectivity index (χ3n) is 4.57. The zero-order valence-corrected chi connectivity index (χ0v) is 12.2. The van der Waals surface area contributed by atoms with Gasteiger partial charge < -0.3 is 15.2 Å². The van der Waals surface area contributed by atoms with Gasteiger partial charge >= 0.3 is 0 Å². The molecule has 0 bridgehead atoms. The topological polar surface area (TPSA) is 44.5 Å². The molecule has 19 heavy (non-hydrogen) atoms. The summed E-state index contributed by atoms with van der Waals surface area (Å²) < 4.78 is 11.0. The van der Waals surface area contributed by atoms with Gasteiger partial charge in [0.25, 0.3) is 0 Å². The summed E-state index contributed by atoms with van der Waals surface area (Å²) in [7, 11) is 3.47. The lowest BCUT2D eigenvalue weighted by atomic mass is 9.74. The Morgan fingerprint density at radius 1 is 1.16 bits per heavy atom. The average Bonchev–Trinajstić information content (AvgIpc) is 2.48. The molecular weight excluding hydrogens is 238 g/mol. The lowest BCUT2D eigenvalue weighted by molar-refractivity contribution is -0.0672. The second kappa shape index (κ2) is 5.93. The Hall–Kier alpha value is -1.06. The fraction of sp³-hybridized carbons (Fsp3) is 0.625. The van der Waals surface area contributed by atoms with Gasteiger partial charge in [-0.3, -0.25) is 0 Å². The summed E-state index contributed by atoms with van der Waals surface area (Å²) in [6.45, 7) is 2.30. The molecule has 1 saturated carbocycles. The predicted molar refractivity (Wildman–Crippen MR) is 77.3 cm³/mol. The minimum atomic E-state index is -0.207. The van der Waals surface area contributed by atoms with Gasteiger partial charge in [-0.15, -0.1) is 0 Å². The fourth-order valence-corrected chi connectivity index (χ4v) is 3.01. The number of hydrogen-bond acceptors (Lipinski definition) is 3. The number of hydrogen-bond donors (Lipinski definition) is 1. The van der Waals surface area contributed by atoms with Crippen LogP contribution in [0.5, 0.6) is 5.75 Å². The van der Waals surface area contributed by atoms with Gasteiger partial charge in [-0.1, -0.05) is 19.1 Å². The molecule has 1 aliphatic carbocycles. The van der Waals surface area contributed by atoms with Crippen molar-refractivity contribution in [2.75, 3.05) is 14.2 Å². The van der Waals surface area contributed by atoms with Crippen LogP contribution in [0.2, 0.25) is 0 Å². The minimum Gasteiger partial charge on any atom is -0.497 e. The van der Waals surface area contributed by atoms with Gasteiger partial charge in [-0.2, -0.15) is 0 Å². The molecule has 0 saturated heterocycles. The number of ether oxygens (including phenoxy) is 2. The van der Waals surface area contributed by atoms with Crippen LogP contribution in [0.4, 0.5) is 0 Å². The molecule has 0 spiro atoms. The summed E-state index contributed by atoms with van der Waals surface area (Å²) >= 11 is 0. The molecule has 1 aromatic carbocycles. The standard InChI is InChI=1S/C16H25NO2/c1-12-8-10-16(19-3,11-9-12)15(17)13-4-6-14(18-2)7-5-13/h4-7,12,15H,8-11,17H2,1-3H3. The predicted octanol–water partition coefficient (Wildman–Crippen LogP) is 3.29. The normalized spacial score (nSPS) is 28.9. The summed E-state index contributed by atoms with van der Waals surface area (Å²) in [5.74, 6) is 1.64. The fourth-order valence-electron chi connectivity index (χ4n) is 3.01. The Labute approximate surface area is 116 Å². The maximum absolute atomic E-state index is 6.49. The summed E-state index contributed by atoms with van der Waals surface area (Å²) in [5.41, 5.74) is 7.40. The van der Waals surface area contributed by atoms with Crippen molar-refractivity contribution in [1.82, 2.24) is 0 Å². The highest BCUT2D eigenvalue weighted by molar-refractivity contribution is 5.30. The highest BCUT2D eigenvalue weighted by Crippen LogP contribution is 2.41. The molecule has 1 fully saturated rings. The number of nitrogens with two attached hydrogens (primary N) is 1. The molecule has 106 valence electrons. The first kappa shape index (κ1) is 14.4. The number of rotatable bonds is 4. The largest absolute Gasteiger partial charge is 0.497 e. The van der Waals surface area contributed by atoms with E-state index in [0.29, 0.717) is 0 Å². The molecule has 3 nitrogen and oxygen atoms in total. The monoisotopic (exact) mass is 263 g/mol. The van der Waals surface area contributed by atoms with Crippen molar-refractivity contribution < 1.29 is 9.47 Å². The molecule has 2 N–H and O–H groups in total. The highest BCUT2D eigenvalue weighted by Gasteiger charge is 2.40. The van der Waals surface area contributed by atoms with Crippen LogP contribution in [0.1, 0.15) is 44.2 Å². The van der Waals surface area contributed by atoms with E-state index in [-0.39, 0.29) is 11.6 Å². The van der Waals surface area contributed by atoms with E-state index < -0.39 is 0 Å². The Morgan fingerprint density at radius 3 is 2.21 bits per heavy atom. The SMILES string of the molecule is COc1ccc(C(N)C2(OC)CCC(C)CC2)cc1. The molecule has 1 aliphatic rings. The number of methoxy groups -OCH3 is 2. The Kier molecular flexibility index (Phi) is 4.48. The zero-order chi connectivity index (χ0) is 13.9. The van der Waals surface area contributed by atoms with E-state index in [4.69, 9.17) is 15.2 Å². The van der Waals surface area contributed by atoms with Crippen LogP contribution in [0.15, 0.2) is 24.3 Å². The molecule has 1 unspecified atom stereocenters. The lowest BCUT2D eigenvalue weighted by Gasteiger charge is -2.42. The van der Waals surface area contributed by atoms with Crippen molar-refractivity contribution in [2.45, 2.75) is 44.2 Å². The molecule has 1 atom stereocenters. The molecular formula is C16H25NO2. The van der Waals surface area contributed by atoms with E-state index in [1.54, 1.807) is 14.2 Å². The quantitative estimate of drug-likeness (QED) is 0.906. The summed E-state index contributed by atoms with van der Waals surface area (Å²) in [4.78, 5) is 0. The van der Waals surface area contributed by atoms with Gasteiger partial charge in [-0.25, -0.2) is 0 Å². The van der Waals surface area contributed by atoms with Crippen LogP contribution in [0.3, 0.4) is 0 Å². The lowest BCUT2D eigenvalue weighted by Crippen LogP contribution is -2.45. The van der Waals surface area contributed by atoms with E-state index in [1.807, 2.05) is 24.3 Å². The molecule has 1 aromatic rings.